The van der Waals surface area contributed by atoms with Crippen LogP contribution < -0.4 is 0 Å². The van der Waals surface area contributed by atoms with Gasteiger partial charge < -0.3 is 19.3 Å². The van der Waals surface area contributed by atoms with Crippen molar-refractivity contribution in [3.05, 3.63) is 47.5 Å². The Balaban J connectivity index is 3.53. The molecular formula is C29H43F3O6. The second-order valence-corrected chi connectivity index (χ2v) is 9.57. The summed E-state index contributed by atoms with van der Waals surface area (Å²) >= 11 is 0. The van der Waals surface area contributed by atoms with Crippen molar-refractivity contribution in [3.63, 3.8) is 0 Å². The van der Waals surface area contributed by atoms with Gasteiger partial charge in [0.1, 0.15) is 6.10 Å². The minimum Gasteiger partial charge on any atom is -0.469 e. The van der Waals surface area contributed by atoms with E-state index in [1.54, 1.807) is 13.0 Å². The van der Waals surface area contributed by atoms with Crippen LogP contribution in [0.15, 0.2) is 42.0 Å². The van der Waals surface area contributed by atoms with E-state index >= 15 is 0 Å². The highest BCUT2D eigenvalue weighted by Crippen LogP contribution is 2.43. The van der Waals surface area contributed by atoms with Gasteiger partial charge >= 0.3 is 18.1 Å². The maximum Gasteiger partial charge on any atom is 0.432 e. The summed E-state index contributed by atoms with van der Waals surface area (Å²) in [6.45, 7) is 7.68. The molecule has 0 heterocycles. The first kappa shape index (κ1) is 33.6. The number of aliphatic hydroxyl groups is 1. The molecule has 0 aromatic heterocycles. The predicted octanol–water partition coefficient (Wildman–Crippen LogP) is 6.65. The molecule has 0 aliphatic heterocycles. The molecule has 0 spiro atoms. The quantitative estimate of drug-likeness (QED) is 0.185. The van der Waals surface area contributed by atoms with Crippen LogP contribution in [-0.4, -0.2) is 49.1 Å². The normalized spacial score (nSPS) is 17.2. The van der Waals surface area contributed by atoms with Gasteiger partial charge in [0, 0.05) is 12.7 Å². The summed E-state index contributed by atoms with van der Waals surface area (Å²) < 4.78 is 58.2. The van der Waals surface area contributed by atoms with Crippen LogP contribution >= 0.6 is 0 Å². The summed E-state index contributed by atoms with van der Waals surface area (Å²) in [5.74, 6) is -2.24. The van der Waals surface area contributed by atoms with Crippen LogP contribution in [0.2, 0.25) is 0 Å². The monoisotopic (exact) mass is 544 g/mol. The summed E-state index contributed by atoms with van der Waals surface area (Å²) in [6.07, 6.45) is -0.685. The minimum absolute atomic E-state index is 0.223. The van der Waals surface area contributed by atoms with E-state index in [1.165, 1.54) is 18.2 Å². The highest BCUT2D eigenvalue weighted by molar-refractivity contribution is 5.83. The summed E-state index contributed by atoms with van der Waals surface area (Å²) in [4.78, 5) is 25.5. The van der Waals surface area contributed by atoms with Crippen molar-refractivity contribution in [3.8, 4) is 0 Å². The number of esters is 2. The number of hydrogen-bond acceptors (Lipinski definition) is 6. The van der Waals surface area contributed by atoms with Crippen LogP contribution in [0.3, 0.4) is 0 Å². The lowest BCUT2D eigenvalue weighted by molar-refractivity contribution is -0.277. The fraction of sp³-hybridized carbons (Fsp3) is 0.655. The number of hydrogen-bond donors (Lipinski definition) is 1. The average Bonchev–Trinajstić information content (AvgIpc) is 2.89. The fourth-order valence-corrected chi connectivity index (χ4v) is 4.60. The first-order valence-corrected chi connectivity index (χ1v) is 13.3. The first-order valence-electron chi connectivity index (χ1n) is 13.3. The van der Waals surface area contributed by atoms with Crippen molar-refractivity contribution in [2.45, 2.75) is 103 Å². The SMILES string of the molecule is CCCCC(CC)CC(O)(/C=C(/CC)[C@H](CC(=O)OC)OC(=O)[C@](OC)(c1ccccc1)C(F)(F)F)CC. The molecule has 0 saturated heterocycles. The van der Waals surface area contributed by atoms with E-state index in [0.717, 1.165) is 52.0 Å². The lowest BCUT2D eigenvalue weighted by Crippen LogP contribution is -2.52. The molecule has 38 heavy (non-hydrogen) atoms. The van der Waals surface area contributed by atoms with E-state index in [4.69, 9.17) is 14.2 Å². The van der Waals surface area contributed by atoms with Crippen LogP contribution in [0, 0.1) is 5.92 Å². The molecule has 0 aliphatic rings. The van der Waals surface area contributed by atoms with Crippen molar-refractivity contribution in [1.82, 2.24) is 0 Å². The summed E-state index contributed by atoms with van der Waals surface area (Å²) in [7, 11) is 1.92. The molecule has 1 aromatic rings. The van der Waals surface area contributed by atoms with Gasteiger partial charge in [-0.2, -0.15) is 13.2 Å². The number of benzene rings is 1. The Morgan fingerprint density at radius 2 is 1.68 bits per heavy atom. The van der Waals surface area contributed by atoms with Gasteiger partial charge in [-0.3, -0.25) is 4.79 Å². The molecule has 9 heteroatoms. The van der Waals surface area contributed by atoms with Gasteiger partial charge in [-0.15, -0.1) is 0 Å². The smallest absolute Gasteiger partial charge is 0.432 e. The highest BCUT2D eigenvalue weighted by Gasteiger charge is 2.64. The highest BCUT2D eigenvalue weighted by atomic mass is 19.4. The Hall–Kier alpha value is -2.39. The van der Waals surface area contributed by atoms with Gasteiger partial charge in [-0.25, -0.2) is 4.79 Å². The molecule has 216 valence electrons. The van der Waals surface area contributed by atoms with Gasteiger partial charge in [-0.1, -0.05) is 89.8 Å². The van der Waals surface area contributed by atoms with Crippen LogP contribution in [0.1, 0.15) is 84.6 Å². The summed E-state index contributed by atoms with van der Waals surface area (Å²) in [6, 6.07) is 6.48. The molecular weight excluding hydrogens is 501 g/mol. The molecule has 0 aliphatic carbocycles. The molecule has 6 nitrogen and oxygen atoms in total. The molecule has 0 saturated carbocycles. The molecule has 1 N–H and O–H groups in total. The standard InChI is InChI=1S/C29H43F3O6/c1-7-11-15-21(8-2)19-27(35,10-4)20-22(9-3)24(18-25(33)36-5)38-26(34)28(37-6,29(30,31)32)23-16-13-12-14-17-23/h12-14,16-17,20-21,24,35H,7-11,15,18-19H2,1-6H3/b22-20-/t21?,24-,27?,28+/m0/s1. The maximum atomic E-state index is 14.4. The van der Waals surface area contributed by atoms with Crippen LogP contribution in [-0.2, 0) is 29.4 Å². The van der Waals surface area contributed by atoms with Crippen molar-refractivity contribution in [2.75, 3.05) is 14.2 Å². The molecule has 0 radical (unpaired) electrons. The second-order valence-electron chi connectivity index (χ2n) is 9.57. The molecule has 0 fully saturated rings. The zero-order valence-electron chi connectivity index (χ0n) is 23.4. The van der Waals surface area contributed by atoms with Gasteiger partial charge in [-0.05, 0) is 30.8 Å². The van der Waals surface area contributed by atoms with Crippen LogP contribution in [0.4, 0.5) is 13.2 Å². The van der Waals surface area contributed by atoms with Gasteiger partial charge in [0.2, 0.25) is 0 Å². The number of unbranched alkanes of at least 4 members (excludes halogenated alkanes) is 1. The Morgan fingerprint density at radius 3 is 2.13 bits per heavy atom. The van der Waals surface area contributed by atoms with Crippen molar-refractivity contribution in [1.29, 1.82) is 0 Å². The number of halogens is 3. The Labute approximate surface area is 224 Å². The second kappa shape index (κ2) is 15.3. The van der Waals surface area contributed by atoms with E-state index < -0.39 is 47.4 Å². The van der Waals surface area contributed by atoms with E-state index in [2.05, 4.69) is 6.92 Å². The number of rotatable bonds is 16. The lowest BCUT2D eigenvalue weighted by Gasteiger charge is -2.35. The molecule has 0 bridgehead atoms. The number of carbonyl (C=O) groups is 2. The number of carbonyl (C=O) groups excluding carboxylic acids is 2. The van der Waals surface area contributed by atoms with E-state index in [1.807, 2.05) is 13.8 Å². The van der Waals surface area contributed by atoms with Gasteiger partial charge in [0.05, 0.1) is 19.1 Å². The zero-order chi connectivity index (χ0) is 29.0. The van der Waals surface area contributed by atoms with E-state index in [9.17, 15) is 27.9 Å². The molecule has 2 unspecified atom stereocenters. The molecule has 4 atom stereocenters. The predicted molar refractivity (Wildman–Crippen MR) is 139 cm³/mol. The first-order chi connectivity index (χ1) is 17.9. The Bertz CT molecular complexity index is 901. The van der Waals surface area contributed by atoms with Crippen LogP contribution in [0.25, 0.3) is 0 Å². The number of ether oxygens (including phenoxy) is 3. The zero-order valence-corrected chi connectivity index (χ0v) is 23.4. The lowest BCUT2D eigenvalue weighted by atomic mass is 9.82. The molecule has 1 rings (SSSR count). The fourth-order valence-electron chi connectivity index (χ4n) is 4.60. The summed E-state index contributed by atoms with van der Waals surface area (Å²) in [5.41, 5.74) is -4.82. The summed E-state index contributed by atoms with van der Waals surface area (Å²) in [5, 5.41) is 11.5. The number of alkyl halides is 3. The van der Waals surface area contributed by atoms with Crippen molar-refractivity contribution in [2.24, 2.45) is 5.92 Å². The third-order valence-corrected chi connectivity index (χ3v) is 7.08. The molecule has 1 aromatic carbocycles. The van der Waals surface area contributed by atoms with Crippen molar-refractivity contribution >= 4 is 11.9 Å². The van der Waals surface area contributed by atoms with Gasteiger partial charge in [0.15, 0.2) is 0 Å². The third-order valence-electron chi connectivity index (χ3n) is 7.08. The van der Waals surface area contributed by atoms with E-state index in [-0.39, 0.29) is 12.3 Å². The minimum atomic E-state index is -5.16. The average molecular weight is 545 g/mol. The van der Waals surface area contributed by atoms with E-state index in [0.29, 0.717) is 18.4 Å². The topological polar surface area (TPSA) is 82.1 Å². The Kier molecular flexibility index (Phi) is 13.5. The maximum absolute atomic E-state index is 14.4. The van der Waals surface area contributed by atoms with Crippen molar-refractivity contribution < 1.29 is 42.1 Å². The Morgan fingerprint density at radius 1 is 1.05 bits per heavy atom. The largest absolute Gasteiger partial charge is 0.469 e. The molecule has 0 amide bonds. The van der Waals surface area contributed by atoms with Gasteiger partial charge in [0.25, 0.3) is 5.60 Å². The number of methoxy groups -OCH3 is 2. The third kappa shape index (κ3) is 8.56. The van der Waals surface area contributed by atoms with Crippen LogP contribution in [0.5, 0.6) is 0 Å².